The molecule has 0 radical (unpaired) electrons. The van der Waals surface area contributed by atoms with E-state index in [1.54, 1.807) is 0 Å². The van der Waals surface area contributed by atoms with E-state index in [4.69, 9.17) is 0 Å². The van der Waals surface area contributed by atoms with E-state index in [1.165, 1.54) is 60.4 Å². The van der Waals surface area contributed by atoms with Gasteiger partial charge in [0.15, 0.2) is 0 Å². The highest BCUT2D eigenvalue weighted by Gasteiger charge is 2.24. The summed E-state index contributed by atoms with van der Waals surface area (Å²) in [4.78, 5) is 2.48. The Labute approximate surface area is 315 Å². The molecule has 54 heavy (non-hydrogen) atoms. The first-order chi connectivity index (χ1) is 26.8. The molecule has 0 aliphatic rings. The number of hydrogen-bond acceptors (Lipinski definition) is 1. The van der Waals surface area contributed by atoms with Crippen molar-refractivity contribution < 1.29 is 0 Å². The number of fused-ring (bicyclic) bond motifs is 4. The number of rotatable bonds is 7. The molecule has 0 amide bonds. The summed E-state index contributed by atoms with van der Waals surface area (Å²) >= 11 is 0. The second kappa shape index (κ2) is 13.4. The molecular formula is C52H36N2. The Morgan fingerprint density at radius 2 is 0.870 bits per heavy atom. The van der Waals surface area contributed by atoms with Crippen molar-refractivity contribution in [2.75, 3.05) is 4.90 Å². The molecule has 2 heteroatoms. The summed E-state index contributed by atoms with van der Waals surface area (Å²) in [5.74, 6) is 0. The van der Waals surface area contributed by atoms with Gasteiger partial charge in [-0.3, -0.25) is 0 Å². The van der Waals surface area contributed by atoms with E-state index in [1.807, 2.05) is 0 Å². The summed E-state index contributed by atoms with van der Waals surface area (Å²) in [6.45, 7) is 0. The highest BCUT2D eigenvalue weighted by atomic mass is 15.2. The van der Waals surface area contributed by atoms with Crippen LogP contribution in [0.3, 0.4) is 0 Å². The van der Waals surface area contributed by atoms with Crippen molar-refractivity contribution in [3.8, 4) is 39.1 Å². The minimum Gasteiger partial charge on any atom is -0.309 e. The second-order valence-electron chi connectivity index (χ2n) is 13.7. The first-order valence-corrected chi connectivity index (χ1v) is 18.5. The summed E-state index contributed by atoms with van der Waals surface area (Å²) < 4.78 is 2.40. The van der Waals surface area contributed by atoms with E-state index in [0.717, 1.165) is 28.3 Å². The van der Waals surface area contributed by atoms with E-state index in [-0.39, 0.29) is 0 Å². The number of nitrogens with zero attached hydrogens (tertiary/aromatic N) is 2. The lowest BCUT2D eigenvalue weighted by Gasteiger charge is -2.29. The third-order valence-electron chi connectivity index (χ3n) is 10.6. The molecule has 254 valence electrons. The predicted octanol–water partition coefficient (Wildman–Crippen LogP) is 14.4. The van der Waals surface area contributed by atoms with Gasteiger partial charge in [0.25, 0.3) is 0 Å². The van der Waals surface area contributed by atoms with Gasteiger partial charge in [0.05, 0.1) is 22.4 Å². The molecule has 1 heterocycles. The van der Waals surface area contributed by atoms with Crippen molar-refractivity contribution in [3.05, 3.63) is 218 Å². The van der Waals surface area contributed by atoms with Crippen LogP contribution in [-0.2, 0) is 0 Å². The Balaban J connectivity index is 1.26. The quantitative estimate of drug-likeness (QED) is 0.162. The maximum Gasteiger partial charge on any atom is 0.0562 e. The zero-order valence-electron chi connectivity index (χ0n) is 29.7. The van der Waals surface area contributed by atoms with Crippen LogP contribution in [-0.4, -0.2) is 4.57 Å². The molecule has 1 aromatic heterocycles. The molecular weight excluding hydrogens is 653 g/mol. The van der Waals surface area contributed by atoms with Gasteiger partial charge in [-0.05, 0) is 87.1 Å². The van der Waals surface area contributed by atoms with Crippen molar-refractivity contribution in [1.82, 2.24) is 4.57 Å². The maximum atomic E-state index is 2.48. The first-order valence-electron chi connectivity index (χ1n) is 18.5. The molecule has 0 spiro atoms. The highest BCUT2D eigenvalue weighted by molar-refractivity contribution is 6.17. The van der Waals surface area contributed by atoms with E-state index in [2.05, 4.69) is 228 Å². The van der Waals surface area contributed by atoms with E-state index >= 15 is 0 Å². The van der Waals surface area contributed by atoms with Crippen LogP contribution < -0.4 is 4.90 Å². The Morgan fingerprint density at radius 1 is 0.333 bits per heavy atom. The summed E-state index contributed by atoms with van der Waals surface area (Å²) in [6, 6.07) is 78.9. The lowest BCUT2D eigenvalue weighted by atomic mass is 9.88. The largest absolute Gasteiger partial charge is 0.309 e. The smallest absolute Gasteiger partial charge is 0.0562 e. The van der Waals surface area contributed by atoms with Crippen LogP contribution in [0.2, 0.25) is 0 Å². The van der Waals surface area contributed by atoms with Crippen LogP contribution >= 0.6 is 0 Å². The minimum absolute atomic E-state index is 1.10. The molecule has 2 nitrogen and oxygen atoms in total. The van der Waals surface area contributed by atoms with Crippen molar-refractivity contribution in [2.24, 2.45) is 0 Å². The molecule has 0 aliphatic heterocycles. The molecule has 0 saturated carbocycles. The van der Waals surface area contributed by atoms with Crippen molar-refractivity contribution in [2.45, 2.75) is 0 Å². The van der Waals surface area contributed by atoms with Gasteiger partial charge in [-0.15, -0.1) is 0 Å². The third-order valence-corrected chi connectivity index (χ3v) is 10.6. The number of hydrogen-bond donors (Lipinski definition) is 0. The first kappa shape index (κ1) is 31.6. The zero-order valence-corrected chi connectivity index (χ0v) is 29.7. The fourth-order valence-corrected chi connectivity index (χ4v) is 8.20. The average Bonchev–Trinajstić information content (AvgIpc) is 3.60. The molecule has 9 aromatic carbocycles. The Kier molecular flexibility index (Phi) is 7.85. The van der Waals surface area contributed by atoms with Gasteiger partial charge in [0, 0.05) is 27.7 Å². The zero-order chi connectivity index (χ0) is 35.8. The van der Waals surface area contributed by atoms with E-state index in [0.29, 0.717) is 0 Å². The van der Waals surface area contributed by atoms with Gasteiger partial charge >= 0.3 is 0 Å². The Morgan fingerprint density at radius 3 is 1.65 bits per heavy atom. The number of benzene rings is 9. The fraction of sp³-hybridized carbons (Fsp3) is 0. The van der Waals surface area contributed by atoms with E-state index < -0.39 is 0 Å². The second-order valence-corrected chi connectivity index (χ2v) is 13.7. The van der Waals surface area contributed by atoms with Gasteiger partial charge in [-0.2, -0.15) is 0 Å². The van der Waals surface area contributed by atoms with Crippen LogP contribution in [0.5, 0.6) is 0 Å². The SMILES string of the molecule is c1ccc(-c2ccccc2-c2ccccc2-c2ccccc2N(c2ccc3ccccc3c2)c2cccc3c2c2ccccc2n3-c2ccccc2)cc1. The number of anilines is 3. The normalized spacial score (nSPS) is 11.3. The molecule has 0 fully saturated rings. The molecule has 0 atom stereocenters. The lowest BCUT2D eigenvalue weighted by Crippen LogP contribution is -2.12. The molecule has 10 rings (SSSR count). The van der Waals surface area contributed by atoms with Crippen LogP contribution in [0.4, 0.5) is 17.1 Å². The summed E-state index contributed by atoms with van der Waals surface area (Å²) in [6.07, 6.45) is 0. The number of aromatic nitrogens is 1. The van der Waals surface area contributed by atoms with Crippen LogP contribution in [0.1, 0.15) is 0 Å². The Bertz CT molecular complexity index is 2940. The van der Waals surface area contributed by atoms with Crippen molar-refractivity contribution >= 4 is 49.6 Å². The molecule has 0 saturated heterocycles. The van der Waals surface area contributed by atoms with Crippen molar-refractivity contribution in [3.63, 3.8) is 0 Å². The monoisotopic (exact) mass is 688 g/mol. The molecule has 0 bridgehead atoms. The van der Waals surface area contributed by atoms with Gasteiger partial charge in [-0.1, -0.05) is 170 Å². The van der Waals surface area contributed by atoms with Gasteiger partial charge in [-0.25, -0.2) is 0 Å². The standard InChI is InChI=1S/C52H36N2/c1-3-19-38(20-4-1)42-24-9-10-25-43(42)44-26-11-12-27-45(44)46-28-13-15-30-48(46)54(41-35-34-37-18-7-8-21-39(37)36-41)51-33-17-32-50-52(51)47-29-14-16-31-49(47)53(50)40-22-5-2-6-23-40/h1-36H. The van der Waals surface area contributed by atoms with Gasteiger partial charge in [0.1, 0.15) is 0 Å². The number of para-hydroxylation sites is 3. The average molecular weight is 689 g/mol. The van der Waals surface area contributed by atoms with Gasteiger partial charge in [0.2, 0.25) is 0 Å². The van der Waals surface area contributed by atoms with Crippen LogP contribution in [0.15, 0.2) is 218 Å². The molecule has 0 aliphatic carbocycles. The third kappa shape index (κ3) is 5.36. The fourth-order valence-electron chi connectivity index (χ4n) is 8.20. The van der Waals surface area contributed by atoms with Gasteiger partial charge < -0.3 is 9.47 Å². The summed E-state index contributed by atoms with van der Waals surface area (Å²) in [5.41, 5.74) is 14.0. The predicted molar refractivity (Wildman–Crippen MR) is 229 cm³/mol. The molecule has 0 N–H and O–H groups in total. The lowest BCUT2D eigenvalue weighted by molar-refractivity contribution is 1.18. The highest BCUT2D eigenvalue weighted by Crippen LogP contribution is 2.48. The maximum absolute atomic E-state index is 2.48. The van der Waals surface area contributed by atoms with E-state index in [9.17, 15) is 0 Å². The summed E-state index contributed by atoms with van der Waals surface area (Å²) in [5, 5.41) is 4.85. The van der Waals surface area contributed by atoms with Crippen LogP contribution in [0.25, 0.3) is 71.6 Å². The van der Waals surface area contributed by atoms with Crippen molar-refractivity contribution in [1.29, 1.82) is 0 Å². The topological polar surface area (TPSA) is 8.17 Å². The summed E-state index contributed by atoms with van der Waals surface area (Å²) in [7, 11) is 0. The molecule has 0 unspecified atom stereocenters. The minimum atomic E-state index is 1.10. The Hall–Kier alpha value is -7.16. The van der Waals surface area contributed by atoms with Crippen LogP contribution in [0, 0.1) is 0 Å². The molecule has 10 aromatic rings.